The third-order valence-electron chi connectivity index (χ3n) is 4.18. The summed E-state index contributed by atoms with van der Waals surface area (Å²) in [6.07, 6.45) is 0. The normalized spacial score (nSPS) is 10.4. The number of ether oxygens (including phenoxy) is 2. The van der Waals surface area contributed by atoms with Crippen LogP contribution in [0.2, 0.25) is 0 Å². The minimum absolute atomic E-state index is 0.0447. The maximum Gasteiger partial charge on any atom is 0.355 e. The Hall–Kier alpha value is -3.49. The fraction of sp³-hybridized carbons (Fsp3) is 0.316. The number of aryl methyl sites for hydroxylation is 2. The zero-order valence-corrected chi connectivity index (χ0v) is 16.0. The molecule has 0 aliphatic heterocycles. The second-order valence-corrected chi connectivity index (χ2v) is 6.10. The number of carbonyl (C=O) groups excluding carboxylic acids is 3. The first-order valence-electron chi connectivity index (χ1n) is 8.49. The maximum atomic E-state index is 12.3. The molecule has 1 heterocycles. The molecule has 0 fully saturated rings. The number of aromatic nitrogens is 1. The summed E-state index contributed by atoms with van der Waals surface area (Å²) < 4.78 is 9.98. The molecular weight excluding hydrogens is 368 g/mol. The van der Waals surface area contributed by atoms with Gasteiger partial charge in [-0.25, -0.2) is 9.59 Å². The van der Waals surface area contributed by atoms with Gasteiger partial charge in [0.2, 0.25) is 5.78 Å². The van der Waals surface area contributed by atoms with Gasteiger partial charge in [0.25, 0.3) is 5.69 Å². The number of nitrogens with one attached hydrogen (secondary N) is 1. The van der Waals surface area contributed by atoms with E-state index in [9.17, 15) is 24.5 Å². The van der Waals surface area contributed by atoms with E-state index in [1.165, 1.54) is 12.1 Å². The minimum Gasteiger partial charge on any atom is -0.462 e. The highest BCUT2D eigenvalue weighted by atomic mass is 16.6. The maximum absolute atomic E-state index is 12.3. The van der Waals surface area contributed by atoms with Crippen LogP contribution in [0.1, 0.15) is 54.9 Å². The Morgan fingerprint density at radius 1 is 1.11 bits per heavy atom. The van der Waals surface area contributed by atoms with E-state index in [2.05, 4.69) is 4.98 Å². The van der Waals surface area contributed by atoms with Crippen LogP contribution in [-0.2, 0) is 9.47 Å². The predicted octanol–water partition coefficient (Wildman–Crippen LogP) is 3.06. The molecule has 2 rings (SSSR count). The van der Waals surface area contributed by atoms with E-state index < -0.39 is 29.3 Å². The van der Waals surface area contributed by atoms with Crippen LogP contribution in [0.3, 0.4) is 0 Å². The van der Waals surface area contributed by atoms with E-state index in [1.807, 2.05) is 0 Å². The molecule has 148 valence electrons. The Morgan fingerprint density at radius 3 is 2.39 bits per heavy atom. The van der Waals surface area contributed by atoms with Crippen LogP contribution >= 0.6 is 0 Å². The van der Waals surface area contributed by atoms with Gasteiger partial charge in [-0.05, 0) is 33.3 Å². The van der Waals surface area contributed by atoms with Gasteiger partial charge in [0.15, 0.2) is 6.61 Å². The summed E-state index contributed by atoms with van der Waals surface area (Å²) in [6, 6.07) is 4.03. The lowest BCUT2D eigenvalue weighted by Crippen LogP contribution is -2.16. The molecule has 28 heavy (non-hydrogen) atoms. The molecule has 0 aliphatic rings. The van der Waals surface area contributed by atoms with Gasteiger partial charge in [0.05, 0.1) is 17.1 Å². The average molecular weight is 388 g/mol. The van der Waals surface area contributed by atoms with Gasteiger partial charge in [-0.2, -0.15) is 0 Å². The van der Waals surface area contributed by atoms with Crippen molar-refractivity contribution in [2.75, 3.05) is 13.2 Å². The molecule has 1 aromatic carbocycles. The number of hydrogen-bond acceptors (Lipinski definition) is 7. The van der Waals surface area contributed by atoms with Crippen molar-refractivity contribution in [1.29, 1.82) is 0 Å². The number of rotatable bonds is 7. The number of ketones is 1. The van der Waals surface area contributed by atoms with Crippen molar-refractivity contribution in [2.45, 2.75) is 27.7 Å². The van der Waals surface area contributed by atoms with Crippen molar-refractivity contribution < 1.29 is 28.8 Å². The van der Waals surface area contributed by atoms with Crippen LogP contribution in [0.15, 0.2) is 18.2 Å². The molecule has 0 radical (unpaired) electrons. The van der Waals surface area contributed by atoms with Crippen molar-refractivity contribution in [2.24, 2.45) is 0 Å². The van der Waals surface area contributed by atoms with Crippen LogP contribution in [-0.4, -0.2) is 40.8 Å². The molecule has 0 bridgehead atoms. The zero-order valence-electron chi connectivity index (χ0n) is 16.0. The van der Waals surface area contributed by atoms with Crippen LogP contribution in [0.4, 0.5) is 5.69 Å². The number of benzene rings is 1. The van der Waals surface area contributed by atoms with Gasteiger partial charge in [-0.3, -0.25) is 14.9 Å². The van der Waals surface area contributed by atoms with Crippen molar-refractivity contribution in [3.63, 3.8) is 0 Å². The fourth-order valence-corrected chi connectivity index (χ4v) is 2.73. The highest BCUT2D eigenvalue weighted by molar-refractivity contribution is 6.01. The molecular formula is C19H20N2O7. The molecule has 2 aromatic rings. The number of carbonyl (C=O) groups is 3. The van der Waals surface area contributed by atoms with Gasteiger partial charge in [0.1, 0.15) is 5.69 Å². The second-order valence-electron chi connectivity index (χ2n) is 6.10. The lowest BCUT2D eigenvalue weighted by molar-refractivity contribution is -0.385. The van der Waals surface area contributed by atoms with E-state index >= 15 is 0 Å². The van der Waals surface area contributed by atoms with Gasteiger partial charge in [-0.15, -0.1) is 0 Å². The highest BCUT2D eigenvalue weighted by Crippen LogP contribution is 2.21. The summed E-state index contributed by atoms with van der Waals surface area (Å²) in [5.41, 5.74) is 1.40. The molecule has 9 heteroatoms. The van der Waals surface area contributed by atoms with Gasteiger partial charge >= 0.3 is 11.9 Å². The number of nitro groups is 1. The molecule has 0 amide bonds. The van der Waals surface area contributed by atoms with Crippen LogP contribution in [0, 0.1) is 30.9 Å². The Labute approximate surface area is 160 Å². The third kappa shape index (κ3) is 4.25. The van der Waals surface area contributed by atoms with E-state index in [0.29, 0.717) is 16.8 Å². The van der Waals surface area contributed by atoms with Crippen molar-refractivity contribution in [3.05, 3.63) is 62.0 Å². The predicted molar refractivity (Wildman–Crippen MR) is 98.7 cm³/mol. The summed E-state index contributed by atoms with van der Waals surface area (Å²) >= 11 is 0. The van der Waals surface area contributed by atoms with Crippen LogP contribution in [0.25, 0.3) is 0 Å². The number of H-pyrrole nitrogens is 1. The molecule has 1 N–H and O–H groups in total. The first kappa shape index (κ1) is 20.8. The second kappa shape index (κ2) is 8.47. The molecule has 0 saturated carbocycles. The van der Waals surface area contributed by atoms with Crippen molar-refractivity contribution >= 4 is 23.4 Å². The zero-order chi connectivity index (χ0) is 21.0. The summed E-state index contributed by atoms with van der Waals surface area (Å²) in [7, 11) is 0. The smallest absolute Gasteiger partial charge is 0.355 e. The number of nitrogens with zero attached hydrogens (tertiary/aromatic N) is 1. The Balaban J connectivity index is 2.13. The van der Waals surface area contributed by atoms with Gasteiger partial charge < -0.3 is 14.5 Å². The fourth-order valence-electron chi connectivity index (χ4n) is 2.73. The largest absolute Gasteiger partial charge is 0.462 e. The summed E-state index contributed by atoms with van der Waals surface area (Å²) in [4.78, 5) is 49.7. The third-order valence-corrected chi connectivity index (χ3v) is 4.18. The Kier molecular flexibility index (Phi) is 6.29. The Bertz CT molecular complexity index is 959. The molecule has 0 unspecified atom stereocenters. The molecule has 9 nitrogen and oxygen atoms in total. The number of hydrogen-bond donors (Lipinski definition) is 1. The molecule has 0 spiro atoms. The lowest BCUT2D eigenvalue weighted by atomic mass is 10.1. The summed E-state index contributed by atoms with van der Waals surface area (Å²) in [6.45, 7) is 6.02. The molecule has 0 aliphatic carbocycles. The lowest BCUT2D eigenvalue weighted by Gasteiger charge is -2.05. The number of nitro benzene ring substituents is 1. The van der Waals surface area contributed by atoms with E-state index in [0.717, 1.165) is 6.07 Å². The first-order valence-corrected chi connectivity index (χ1v) is 8.49. The van der Waals surface area contributed by atoms with Crippen molar-refractivity contribution in [1.82, 2.24) is 4.98 Å². The number of esters is 2. The monoisotopic (exact) mass is 388 g/mol. The molecule has 0 saturated heterocycles. The minimum atomic E-state index is -0.814. The van der Waals surface area contributed by atoms with E-state index in [1.54, 1.807) is 27.7 Å². The molecule has 0 atom stereocenters. The van der Waals surface area contributed by atoms with Crippen LogP contribution in [0.5, 0.6) is 0 Å². The van der Waals surface area contributed by atoms with Crippen molar-refractivity contribution in [3.8, 4) is 0 Å². The topological polar surface area (TPSA) is 129 Å². The van der Waals surface area contributed by atoms with E-state index in [-0.39, 0.29) is 29.1 Å². The number of aromatic amines is 1. The van der Waals surface area contributed by atoms with E-state index in [4.69, 9.17) is 9.47 Å². The van der Waals surface area contributed by atoms with Gasteiger partial charge in [0, 0.05) is 22.9 Å². The Morgan fingerprint density at radius 2 is 1.79 bits per heavy atom. The summed E-state index contributed by atoms with van der Waals surface area (Å²) in [5.74, 6) is -1.95. The standard InChI is InChI=1S/C19H20N2O7/c1-5-27-18(23)16-11(3)17(20-12(16)4)19(24)28-9-15(22)13-7-6-10(2)14(8-13)21(25)26/h6-8,20H,5,9H2,1-4H3. The quantitative estimate of drug-likeness (QED) is 0.334. The first-order chi connectivity index (χ1) is 13.2. The SMILES string of the molecule is CCOC(=O)c1c(C)[nH]c(C(=O)OCC(=O)c2ccc(C)c([N+](=O)[O-])c2)c1C. The molecule has 1 aromatic heterocycles. The van der Waals surface area contributed by atoms with Gasteiger partial charge in [-0.1, -0.05) is 12.1 Å². The summed E-state index contributed by atoms with van der Waals surface area (Å²) in [5, 5.41) is 11.0. The van der Waals surface area contributed by atoms with Crippen LogP contribution < -0.4 is 0 Å². The average Bonchev–Trinajstić information content (AvgIpc) is 2.94. The highest BCUT2D eigenvalue weighted by Gasteiger charge is 2.24. The number of Topliss-reactive ketones (excluding diaryl/α,β-unsaturated/α-hetero) is 1.